The zero-order valence-electron chi connectivity index (χ0n) is 12.3. The molecule has 0 aromatic heterocycles. The van der Waals surface area contributed by atoms with Crippen LogP contribution >= 0.6 is 0 Å². The highest BCUT2D eigenvalue weighted by Crippen LogP contribution is 2.14. The van der Waals surface area contributed by atoms with Gasteiger partial charge in [-0.2, -0.15) is 0 Å². The van der Waals surface area contributed by atoms with Gasteiger partial charge in [0.15, 0.2) is 0 Å². The SMILES string of the molecule is C[C@H](OC[C@@H]1CCCO1)C(=O)N1CCO[C@@H](CC(=O)O)C1. The van der Waals surface area contributed by atoms with Gasteiger partial charge in [-0.3, -0.25) is 9.59 Å². The van der Waals surface area contributed by atoms with Gasteiger partial charge in [-0.05, 0) is 19.8 Å². The minimum Gasteiger partial charge on any atom is -0.481 e. The molecule has 120 valence electrons. The molecule has 3 atom stereocenters. The predicted molar refractivity (Wildman–Crippen MR) is 73.0 cm³/mol. The van der Waals surface area contributed by atoms with Gasteiger partial charge in [-0.1, -0.05) is 0 Å². The number of amides is 1. The van der Waals surface area contributed by atoms with Crippen molar-refractivity contribution in [3.8, 4) is 0 Å². The van der Waals surface area contributed by atoms with Crippen molar-refractivity contribution < 1.29 is 28.9 Å². The second-order valence-electron chi connectivity index (χ2n) is 5.49. The Morgan fingerprint density at radius 2 is 2.10 bits per heavy atom. The summed E-state index contributed by atoms with van der Waals surface area (Å²) >= 11 is 0. The standard InChI is InChI=1S/C14H23NO6/c1-10(21-9-11-3-2-5-19-11)14(18)15-4-6-20-12(8-15)7-13(16)17/h10-12H,2-9H2,1H3,(H,16,17)/t10-,11-,12-/m0/s1. The highest BCUT2D eigenvalue weighted by molar-refractivity contribution is 5.80. The summed E-state index contributed by atoms with van der Waals surface area (Å²) in [5.74, 6) is -1.04. The second kappa shape index (κ2) is 7.72. The number of ether oxygens (including phenoxy) is 3. The van der Waals surface area contributed by atoms with Crippen molar-refractivity contribution in [3.05, 3.63) is 0 Å². The number of hydrogen-bond donors (Lipinski definition) is 1. The van der Waals surface area contributed by atoms with Gasteiger partial charge in [0.1, 0.15) is 6.10 Å². The normalized spacial score (nSPS) is 27.6. The molecule has 0 bridgehead atoms. The Labute approximate surface area is 124 Å². The number of carbonyl (C=O) groups is 2. The summed E-state index contributed by atoms with van der Waals surface area (Å²) in [5.41, 5.74) is 0. The minimum atomic E-state index is -0.919. The van der Waals surface area contributed by atoms with Crippen LogP contribution in [0.2, 0.25) is 0 Å². The van der Waals surface area contributed by atoms with E-state index in [1.165, 1.54) is 0 Å². The molecule has 0 aromatic carbocycles. The Morgan fingerprint density at radius 3 is 2.76 bits per heavy atom. The molecule has 2 aliphatic rings. The van der Waals surface area contributed by atoms with Crippen LogP contribution < -0.4 is 0 Å². The molecule has 0 radical (unpaired) electrons. The maximum absolute atomic E-state index is 12.3. The van der Waals surface area contributed by atoms with Crippen LogP contribution in [0.1, 0.15) is 26.2 Å². The molecular weight excluding hydrogens is 278 g/mol. The van der Waals surface area contributed by atoms with Gasteiger partial charge < -0.3 is 24.2 Å². The van der Waals surface area contributed by atoms with Crippen LogP contribution in [0.4, 0.5) is 0 Å². The van der Waals surface area contributed by atoms with Crippen LogP contribution in [0.25, 0.3) is 0 Å². The van der Waals surface area contributed by atoms with E-state index in [-0.39, 0.29) is 18.4 Å². The van der Waals surface area contributed by atoms with Crippen molar-refractivity contribution in [2.75, 3.05) is 32.9 Å². The molecule has 0 spiro atoms. The smallest absolute Gasteiger partial charge is 0.306 e. The highest BCUT2D eigenvalue weighted by Gasteiger charge is 2.29. The third kappa shape index (κ3) is 4.94. The molecule has 7 heteroatoms. The molecular formula is C14H23NO6. The number of hydrogen-bond acceptors (Lipinski definition) is 5. The largest absolute Gasteiger partial charge is 0.481 e. The zero-order valence-corrected chi connectivity index (χ0v) is 12.3. The first-order chi connectivity index (χ1) is 10.1. The topological polar surface area (TPSA) is 85.3 Å². The fourth-order valence-electron chi connectivity index (χ4n) is 2.59. The fourth-order valence-corrected chi connectivity index (χ4v) is 2.59. The molecule has 2 saturated heterocycles. The third-order valence-electron chi connectivity index (χ3n) is 3.76. The first-order valence-electron chi connectivity index (χ1n) is 7.41. The van der Waals surface area contributed by atoms with E-state index in [9.17, 15) is 9.59 Å². The molecule has 2 fully saturated rings. The lowest BCUT2D eigenvalue weighted by atomic mass is 10.2. The van der Waals surface area contributed by atoms with Gasteiger partial charge in [-0.25, -0.2) is 0 Å². The number of aliphatic carboxylic acids is 1. The summed E-state index contributed by atoms with van der Waals surface area (Å²) in [6.07, 6.45) is 1.03. The van der Waals surface area contributed by atoms with E-state index in [1.807, 2.05) is 0 Å². The summed E-state index contributed by atoms with van der Waals surface area (Å²) in [4.78, 5) is 24.6. The number of rotatable bonds is 6. The monoisotopic (exact) mass is 301 g/mol. The second-order valence-corrected chi connectivity index (χ2v) is 5.49. The molecule has 0 aliphatic carbocycles. The quantitative estimate of drug-likeness (QED) is 0.758. The van der Waals surface area contributed by atoms with Gasteiger partial charge in [0.05, 0.1) is 31.8 Å². The van der Waals surface area contributed by atoms with Crippen molar-refractivity contribution >= 4 is 11.9 Å². The van der Waals surface area contributed by atoms with Crippen molar-refractivity contribution in [2.45, 2.75) is 44.5 Å². The Morgan fingerprint density at radius 1 is 1.33 bits per heavy atom. The number of carboxylic acid groups (broad SMARTS) is 1. The van der Waals surface area contributed by atoms with Gasteiger partial charge in [0, 0.05) is 19.7 Å². The van der Waals surface area contributed by atoms with Crippen LogP contribution in [0.15, 0.2) is 0 Å². The maximum atomic E-state index is 12.3. The van der Waals surface area contributed by atoms with E-state index in [2.05, 4.69) is 0 Å². The lowest BCUT2D eigenvalue weighted by Crippen LogP contribution is -2.49. The van der Waals surface area contributed by atoms with E-state index < -0.39 is 18.2 Å². The molecule has 2 rings (SSSR count). The van der Waals surface area contributed by atoms with Gasteiger partial charge >= 0.3 is 5.97 Å². The summed E-state index contributed by atoms with van der Waals surface area (Å²) in [5, 5.41) is 8.78. The molecule has 2 aliphatic heterocycles. The fraction of sp³-hybridized carbons (Fsp3) is 0.857. The lowest BCUT2D eigenvalue weighted by Gasteiger charge is -2.34. The average Bonchev–Trinajstić information content (AvgIpc) is 2.97. The summed E-state index contributed by atoms with van der Waals surface area (Å²) in [6, 6.07) is 0. The van der Waals surface area contributed by atoms with Gasteiger partial charge in [0.2, 0.25) is 0 Å². The number of carboxylic acids is 1. The Hall–Kier alpha value is -1.18. The molecule has 7 nitrogen and oxygen atoms in total. The molecule has 21 heavy (non-hydrogen) atoms. The maximum Gasteiger partial charge on any atom is 0.306 e. The molecule has 0 aromatic rings. The van der Waals surface area contributed by atoms with E-state index in [4.69, 9.17) is 19.3 Å². The van der Waals surface area contributed by atoms with Crippen molar-refractivity contribution in [2.24, 2.45) is 0 Å². The Kier molecular flexibility index (Phi) is 5.96. The number of morpholine rings is 1. The summed E-state index contributed by atoms with van der Waals surface area (Å²) < 4.78 is 16.4. The first kappa shape index (κ1) is 16.2. The van der Waals surface area contributed by atoms with Crippen LogP contribution in [-0.4, -0.2) is 73.1 Å². The summed E-state index contributed by atoms with van der Waals surface area (Å²) in [6.45, 7) is 4.05. The lowest BCUT2D eigenvalue weighted by molar-refractivity contribution is -0.155. The Bertz CT molecular complexity index is 368. The molecule has 0 unspecified atom stereocenters. The third-order valence-corrected chi connectivity index (χ3v) is 3.76. The zero-order chi connectivity index (χ0) is 15.2. The average molecular weight is 301 g/mol. The molecule has 1 amide bonds. The minimum absolute atomic E-state index is 0.0877. The van der Waals surface area contributed by atoms with Crippen LogP contribution in [0, 0.1) is 0 Å². The van der Waals surface area contributed by atoms with Crippen molar-refractivity contribution in [3.63, 3.8) is 0 Å². The Balaban J connectivity index is 1.76. The molecule has 1 N–H and O–H groups in total. The highest BCUT2D eigenvalue weighted by atomic mass is 16.5. The van der Waals surface area contributed by atoms with E-state index in [0.717, 1.165) is 19.4 Å². The van der Waals surface area contributed by atoms with Gasteiger partial charge in [-0.15, -0.1) is 0 Å². The van der Waals surface area contributed by atoms with E-state index in [0.29, 0.717) is 26.3 Å². The van der Waals surface area contributed by atoms with Crippen LogP contribution in [-0.2, 0) is 23.8 Å². The van der Waals surface area contributed by atoms with E-state index in [1.54, 1.807) is 11.8 Å². The van der Waals surface area contributed by atoms with Crippen LogP contribution in [0.5, 0.6) is 0 Å². The number of carbonyl (C=O) groups excluding carboxylic acids is 1. The van der Waals surface area contributed by atoms with Crippen LogP contribution in [0.3, 0.4) is 0 Å². The van der Waals surface area contributed by atoms with E-state index >= 15 is 0 Å². The van der Waals surface area contributed by atoms with Gasteiger partial charge in [0.25, 0.3) is 5.91 Å². The number of nitrogens with zero attached hydrogens (tertiary/aromatic N) is 1. The molecule has 0 saturated carbocycles. The van der Waals surface area contributed by atoms with Crippen molar-refractivity contribution in [1.29, 1.82) is 0 Å². The summed E-state index contributed by atoms with van der Waals surface area (Å²) in [7, 11) is 0. The predicted octanol–water partition coefficient (Wildman–Crippen LogP) is 0.273. The molecule has 2 heterocycles. The van der Waals surface area contributed by atoms with Crippen molar-refractivity contribution in [1.82, 2.24) is 4.90 Å². The first-order valence-corrected chi connectivity index (χ1v) is 7.41.